The maximum atomic E-state index is 12.6. The van der Waals surface area contributed by atoms with E-state index in [1.807, 2.05) is 0 Å². The normalized spacial score (nSPS) is 18.0. The van der Waals surface area contributed by atoms with Gasteiger partial charge in [-0.3, -0.25) is 0 Å². The lowest BCUT2D eigenvalue weighted by Crippen LogP contribution is -2.62. The minimum atomic E-state index is -1.33. The molecule has 0 unspecified atom stereocenters. The monoisotopic (exact) mass is 356 g/mol. The summed E-state index contributed by atoms with van der Waals surface area (Å²) in [6, 6.07) is 0. The predicted molar refractivity (Wildman–Crippen MR) is 91.3 cm³/mol. The maximum Gasteiger partial charge on any atom is 0.408 e. The molecule has 2 N–H and O–H groups in total. The quantitative estimate of drug-likeness (QED) is 0.579. The number of carbonyl (C=O) groups excluding carboxylic acids is 2. The molecule has 142 valence electrons. The molecule has 25 heavy (non-hydrogen) atoms. The van der Waals surface area contributed by atoms with Crippen LogP contribution in [0.5, 0.6) is 0 Å². The molecule has 0 aromatic heterocycles. The van der Waals surface area contributed by atoms with Gasteiger partial charge in [0.2, 0.25) is 0 Å². The molecule has 0 aromatic carbocycles. The topological polar surface area (TPSA) is 105 Å². The highest BCUT2D eigenvalue weighted by atomic mass is 16.6. The number of piperidine rings is 1. The molecule has 1 atom stereocenters. The van der Waals surface area contributed by atoms with E-state index in [-0.39, 0.29) is 25.4 Å². The van der Waals surface area contributed by atoms with Gasteiger partial charge >= 0.3 is 18.2 Å². The molecule has 0 bridgehead atoms. The molecule has 8 nitrogen and oxygen atoms in total. The van der Waals surface area contributed by atoms with Gasteiger partial charge in [-0.2, -0.15) is 0 Å². The molecule has 8 heteroatoms. The van der Waals surface area contributed by atoms with Crippen LogP contribution in [0.1, 0.15) is 40.0 Å². The van der Waals surface area contributed by atoms with E-state index in [1.165, 1.54) is 18.1 Å². The first kappa shape index (κ1) is 20.8. The summed E-state index contributed by atoms with van der Waals surface area (Å²) < 4.78 is 10.2. The van der Waals surface area contributed by atoms with E-state index in [1.54, 1.807) is 20.8 Å². The Morgan fingerprint density at radius 3 is 2.24 bits per heavy atom. The molecular weight excluding hydrogens is 328 g/mol. The molecule has 1 fully saturated rings. The number of nitrogens with zero attached hydrogens (tertiary/aromatic N) is 1. The van der Waals surface area contributed by atoms with Crippen molar-refractivity contribution in [3.05, 3.63) is 12.7 Å². The average molecular weight is 356 g/mol. The molecule has 1 aliphatic rings. The summed E-state index contributed by atoms with van der Waals surface area (Å²) in [6.45, 7) is 9.43. The Morgan fingerprint density at radius 2 is 1.84 bits per heavy atom. The molecule has 0 aliphatic carbocycles. The van der Waals surface area contributed by atoms with Crippen LogP contribution in [-0.2, 0) is 14.3 Å². The largest absolute Gasteiger partial charge is 0.467 e. The number of carboxylic acid groups (broad SMARTS) is 1. The standard InChI is InChI=1S/C17H28N2O6/c1-6-9-17(13(20)24-5,18-14(21)25-16(2,3)4)12-7-10-19(11-8-12)15(22)23/h6,12H,1,7-11H2,2-5H3,(H,18,21)(H,22,23)/t17-/m0/s1. The number of amides is 2. The van der Waals surface area contributed by atoms with Crippen LogP contribution < -0.4 is 5.32 Å². The lowest BCUT2D eigenvalue weighted by Gasteiger charge is -2.42. The first-order chi connectivity index (χ1) is 11.6. The summed E-state index contributed by atoms with van der Waals surface area (Å²) in [7, 11) is 1.25. The van der Waals surface area contributed by atoms with Crippen molar-refractivity contribution in [2.24, 2.45) is 5.92 Å². The van der Waals surface area contributed by atoms with Crippen molar-refractivity contribution in [2.45, 2.75) is 51.2 Å². The molecule has 1 saturated heterocycles. The third kappa shape index (κ3) is 5.37. The Bertz CT molecular complexity index is 520. The molecule has 1 aliphatic heterocycles. The zero-order valence-corrected chi connectivity index (χ0v) is 15.3. The lowest BCUT2D eigenvalue weighted by molar-refractivity contribution is -0.152. The zero-order chi connectivity index (χ0) is 19.3. The number of methoxy groups -OCH3 is 1. The van der Waals surface area contributed by atoms with Crippen molar-refractivity contribution in [1.29, 1.82) is 0 Å². The zero-order valence-electron chi connectivity index (χ0n) is 15.3. The van der Waals surface area contributed by atoms with Crippen LogP contribution >= 0.6 is 0 Å². The third-order valence-corrected chi connectivity index (χ3v) is 4.20. The van der Waals surface area contributed by atoms with Crippen molar-refractivity contribution in [3.63, 3.8) is 0 Å². The SMILES string of the molecule is C=CC[C@@](NC(=O)OC(C)(C)C)(C(=O)OC)C1CCN(C(=O)O)CC1. The van der Waals surface area contributed by atoms with Gasteiger partial charge in [-0.05, 0) is 46.0 Å². The van der Waals surface area contributed by atoms with Crippen molar-refractivity contribution < 1.29 is 29.0 Å². The molecule has 1 heterocycles. The fourth-order valence-corrected chi connectivity index (χ4v) is 3.08. The van der Waals surface area contributed by atoms with Crippen LogP contribution in [0.25, 0.3) is 0 Å². The van der Waals surface area contributed by atoms with E-state index in [0.717, 1.165) is 0 Å². The highest BCUT2D eigenvalue weighted by Crippen LogP contribution is 2.33. The minimum Gasteiger partial charge on any atom is -0.467 e. The van der Waals surface area contributed by atoms with Crippen LogP contribution in [0.3, 0.4) is 0 Å². The number of rotatable bonds is 5. The molecule has 2 amide bonds. The van der Waals surface area contributed by atoms with Crippen molar-refractivity contribution in [3.8, 4) is 0 Å². The Morgan fingerprint density at radius 1 is 1.28 bits per heavy atom. The van der Waals surface area contributed by atoms with Crippen LogP contribution in [-0.4, -0.2) is 59.5 Å². The number of likely N-dealkylation sites (tertiary alicyclic amines) is 1. The number of hydrogen-bond acceptors (Lipinski definition) is 5. The van der Waals surface area contributed by atoms with Gasteiger partial charge in [0.25, 0.3) is 0 Å². The summed E-state index contributed by atoms with van der Waals surface area (Å²) in [5, 5.41) is 11.8. The lowest BCUT2D eigenvalue weighted by atomic mass is 9.75. The smallest absolute Gasteiger partial charge is 0.408 e. The van der Waals surface area contributed by atoms with Gasteiger partial charge in [0.05, 0.1) is 7.11 Å². The number of hydrogen-bond donors (Lipinski definition) is 2. The Kier molecular flexibility index (Phi) is 6.84. The Hall–Kier alpha value is -2.25. The van der Waals surface area contributed by atoms with Gasteiger partial charge < -0.3 is 24.8 Å². The molecule has 0 spiro atoms. The second-order valence-electron chi connectivity index (χ2n) is 7.13. The molecule has 0 radical (unpaired) electrons. The number of esters is 1. The number of ether oxygens (including phenoxy) is 2. The average Bonchev–Trinajstić information content (AvgIpc) is 2.51. The van der Waals surface area contributed by atoms with Crippen LogP contribution in [0.4, 0.5) is 9.59 Å². The second kappa shape index (κ2) is 8.22. The van der Waals surface area contributed by atoms with Gasteiger partial charge in [0.1, 0.15) is 11.1 Å². The first-order valence-electron chi connectivity index (χ1n) is 8.24. The molecule has 1 rings (SSSR count). The van der Waals surface area contributed by atoms with Crippen LogP contribution in [0.15, 0.2) is 12.7 Å². The highest BCUT2D eigenvalue weighted by Gasteiger charge is 2.49. The minimum absolute atomic E-state index is 0.163. The number of nitrogens with one attached hydrogen (secondary N) is 1. The van der Waals surface area contributed by atoms with Gasteiger partial charge in [-0.1, -0.05) is 6.08 Å². The fraction of sp³-hybridized carbons (Fsp3) is 0.706. The van der Waals surface area contributed by atoms with E-state index in [2.05, 4.69) is 11.9 Å². The maximum absolute atomic E-state index is 12.6. The summed E-state index contributed by atoms with van der Waals surface area (Å²) >= 11 is 0. The molecule has 0 aromatic rings. The van der Waals surface area contributed by atoms with E-state index < -0.39 is 29.3 Å². The van der Waals surface area contributed by atoms with E-state index in [9.17, 15) is 14.4 Å². The third-order valence-electron chi connectivity index (χ3n) is 4.20. The van der Waals surface area contributed by atoms with Gasteiger partial charge in [-0.25, -0.2) is 14.4 Å². The van der Waals surface area contributed by atoms with E-state index >= 15 is 0 Å². The van der Waals surface area contributed by atoms with Gasteiger partial charge in [0.15, 0.2) is 0 Å². The molecular formula is C17H28N2O6. The highest BCUT2D eigenvalue weighted by molar-refractivity contribution is 5.86. The fourth-order valence-electron chi connectivity index (χ4n) is 3.08. The summed E-state index contributed by atoms with van der Waals surface area (Å²) in [5.41, 5.74) is -2.05. The van der Waals surface area contributed by atoms with Crippen molar-refractivity contribution in [1.82, 2.24) is 10.2 Å². The molecule has 0 saturated carbocycles. The van der Waals surface area contributed by atoms with Crippen LogP contribution in [0, 0.1) is 5.92 Å². The first-order valence-corrected chi connectivity index (χ1v) is 8.24. The number of alkyl carbamates (subject to hydrolysis) is 1. The summed E-state index contributed by atoms with van der Waals surface area (Å²) in [5.74, 6) is -0.881. The van der Waals surface area contributed by atoms with Crippen molar-refractivity contribution in [2.75, 3.05) is 20.2 Å². The Labute approximate surface area is 148 Å². The van der Waals surface area contributed by atoms with Gasteiger partial charge in [-0.15, -0.1) is 6.58 Å². The Balaban J connectivity index is 3.06. The summed E-state index contributed by atoms with van der Waals surface area (Å²) in [4.78, 5) is 37.3. The number of carbonyl (C=O) groups is 3. The van der Waals surface area contributed by atoms with E-state index in [4.69, 9.17) is 14.6 Å². The second-order valence-corrected chi connectivity index (χ2v) is 7.13. The van der Waals surface area contributed by atoms with Gasteiger partial charge in [0, 0.05) is 13.1 Å². The van der Waals surface area contributed by atoms with Crippen molar-refractivity contribution >= 4 is 18.2 Å². The summed E-state index contributed by atoms with van der Waals surface area (Å²) in [6.07, 6.45) is 0.830. The van der Waals surface area contributed by atoms with E-state index in [0.29, 0.717) is 12.8 Å². The van der Waals surface area contributed by atoms with Crippen LogP contribution in [0.2, 0.25) is 0 Å². The predicted octanol–water partition coefficient (Wildman–Crippen LogP) is 2.39.